The molecule has 4 amide bonds. The zero-order valence-electron chi connectivity index (χ0n) is 55.3. The van der Waals surface area contributed by atoms with E-state index in [0.29, 0.717) is 60.4 Å². The Labute approximate surface area is 527 Å². The van der Waals surface area contributed by atoms with Crippen LogP contribution in [0.15, 0.2) is 24.3 Å². The van der Waals surface area contributed by atoms with E-state index < -0.39 is 0 Å². The van der Waals surface area contributed by atoms with Gasteiger partial charge < -0.3 is 25.6 Å². The van der Waals surface area contributed by atoms with Crippen molar-refractivity contribution < 1.29 is 23.9 Å². The summed E-state index contributed by atoms with van der Waals surface area (Å²) in [5.74, 6) is 2.37. The molecule has 3 heterocycles. The van der Waals surface area contributed by atoms with Gasteiger partial charge in [0.2, 0.25) is 5.91 Å². The van der Waals surface area contributed by atoms with Crippen LogP contribution in [0, 0.1) is 28.6 Å². The average molecular weight is 1210 g/mol. The number of nitrogens with zero attached hydrogens (tertiary/aromatic N) is 7. The first-order valence-electron chi connectivity index (χ1n) is 35.7. The third-order valence-corrected chi connectivity index (χ3v) is 23.3. The van der Waals surface area contributed by atoms with Crippen molar-refractivity contribution in [1.29, 1.82) is 0 Å². The number of benzene rings is 1. The van der Waals surface area contributed by atoms with Gasteiger partial charge in [-0.05, 0) is 188 Å². The predicted molar refractivity (Wildman–Crippen MR) is 348 cm³/mol. The number of carbonyl (C=O) groups excluding carboxylic acids is 4. The summed E-state index contributed by atoms with van der Waals surface area (Å²) in [6, 6.07) is 9.86. The van der Waals surface area contributed by atoms with Crippen molar-refractivity contribution in [3.05, 3.63) is 80.7 Å². The van der Waals surface area contributed by atoms with Gasteiger partial charge in [0, 0.05) is 72.4 Å². The lowest BCUT2D eigenvalue weighted by Crippen LogP contribution is -2.52. The van der Waals surface area contributed by atoms with Gasteiger partial charge in [-0.3, -0.25) is 33.2 Å². The van der Waals surface area contributed by atoms with Crippen LogP contribution in [0.1, 0.15) is 303 Å². The summed E-state index contributed by atoms with van der Waals surface area (Å²) in [6.45, 7) is 9.82. The van der Waals surface area contributed by atoms with Crippen LogP contribution < -0.4 is 20.7 Å². The Morgan fingerprint density at radius 1 is 0.602 bits per heavy atom. The standard InChI is InChI=1S/C27H42N4O2.C23H31N3O2.C23H37N3O/c1-26(2)18-13-14-27(3,16-18)25(26)28-23(32)22-20-15-17(24(33)30(4)5)11-12-21(20)31(29-22)19-9-7-6-8-10-19;1-28-21-14-8-5-9-17(21)15-16-24-23(27)22-19-12-6-7-13-20(19)26(25-22)18-10-3-2-4-11-18;1-2-20(17-11-5-3-6-12-17)24-23(27)22-19-15-9-10-16-21(19)26(25-22)18-13-7-4-8-14-18/h17-19,25H,6-16H2,1-5H3,(H,28,32);5,8-9,14,18H,2-4,6-7,10-13,15-16H2,1H3,(H,24,27);17-18,20H,2-16H2,1H3,(H,24,27). The summed E-state index contributed by atoms with van der Waals surface area (Å²) in [5.41, 5.74) is 10.8. The fraction of sp³-hybridized carbons (Fsp3) is 0.740. The molecule has 2 bridgehead atoms. The molecule has 482 valence electrons. The van der Waals surface area contributed by atoms with Crippen molar-refractivity contribution >= 4 is 23.6 Å². The highest BCUT2D eigenvalue weighted by molar-refractivity contribution is 5.96. The van der Waals surface area contributed by atoms with Crippen molar-refractivity contribution in [2.75, 3.05) is 27.7 Å². The van der Waals surface area contributed by atoms with Crippen molar-refractivity contribution in [3.63, 3.8) is 0 Å². The maximum absolute atomic E-state index is 13.8. The number of hydrogen-bond donors (Lipinski definition) is 3. The molecule has 13 rings (SSSR count). The monoisotopic (exact) mass is 1210 g/mol. The Balaban J connectivity index is 0.000000137. The molecule has 0 spiro atoms. The molecule has 9 aliphatic rings. The van der Waals surface area contributed by atoms with Crippen molar-refractivity contribution in [1.82, 2.24) is 50.2 Å². The third kappa shape index (κ3) is 13.9. The van der Waals surface area contributed by atoms with Crippen molar-refractivity contribution in [2.24, 2.45) is 28.6 Å². The number of hydrogen-bond acceptors (Lipinski definition) is 8. The predicted octanol–water partition coefficient (Wildman–Crippen LogP) is 14.1. The van der Waals surface area contributed by atoms with E-state index in [9.17, 15) is 19.2 Å². The average Bonchev–Trinajstić information content (AvgIpc) is 2.30. The van der Waals surface area contributed by atoms with Gasteiger partial charge in [0.1, 0.15) is 5.75 Å². The number of fused-ring (bicyclic) bond motifs is 5. The summed E-state index contributed by atoms with van der Waals surface area (Å²) in [4.78, 5) is 54.5. The topological polar surface area (TPSA) is 170 Å². The minimum atomic E-state index is -0.0560. The smallest absolute Gasteiger partial charge is 0.272 e. The molecule has 9 aliphatic carbocycles. The molecule has 15 nitrogen and oxygen atoms in total. The fourth-order valence-electron chi connectivity index (χ4n) is 18.4. The van der Waals surface area contributed by atoms with Crippen LogP contribution in [0.3, 0.4) is 0 Å². The Morgan fingerprint density at radius 3 is 1.61 bits per heavy atom. The normalized spacial score (nSPS) is 24.9. The first-order chi connectivity index (χ1) is 42.7. The van der Waals surface area contributed by atoms with E-state index in [2.05, 4.69) is 57.7 Å². The molecule has 0 saturated heterocycles. The Kier molecular flexibility index (Phi) is 21.0. The van der Waals surface area contributed by atoms with Gasteiger partial charge in [-0.1, -0.05) is 123 Å². The van der Waals surface area contributed by atoms with Gasteiger partial charge >= 0.3 is 0 Å². The third-order valence-electron chi connectivity index (χ3n) is 23.3. The molecular formula is C73H110N10O5. The molecule has 3 aromatic heterocycles. The molecule has 15 heteroatoms. The maximum atomic E-state index is 13.8. The fourth-order valence-corrected chi connectivity index (χ4v) is 18.4. The second kappa shape index (κ2) is 28.8. The van der Waals surface area contributed by atoms with E-state index in [1.54, 1.807) is 12.0 Å². The molecule has 0 aliphatic heterocycles. The molecule has 1 aromatic carbocycles. The largest absolute Gasteiger partial charge is 0.496 e. The van der Waals surface area contributed by atoms with Crippen LogP contribution in [0.4, 0.5) is 0 Å². The van der Waals surface area contributed by atoms with Crippen LogP contribution in [-0.2, 0) is 49.7 Å². The Bertz CT molecular complexity index is 3030. The second-order valence-corrected chi connectivity index (χ2v) is 29.6. The Hall–Kier alpha value is -5.47. The van der Waals surface area contributed by atoms with Crippen LogP contribution in [0.25, 0.3) is 0 Å². The summed E-state index contributed by atoms with van der Waals surface area (Å²) < 4.78 is 12.1. The van der Waals surface area contributed by atoms with Crippen LogP contribution in [-0.4, -0.2) is 97.7 Å². The summed E-state index contributed by atoms with van der Waals surface area (Å²) >= 11 is 0. The quantitative estimate of drug-likeness (QED) is 0.106. The van der Waals surface area contributed by atoms with Crippen LogP contribution in [0.2, 0.25) is 0 Å². The molecule has 6 saturated carbocycles. The molecular weight excluding hydrogens is 1100 g/mol. The van der Waals surface area contributed by atoms with E-state index in [1.807, 2.05) is 38.4 Å². The summed E-state index contributed by atoms with van der Waals surface area (Å²) in [6.07, 6.45) is 42.1. The second-order valence-electron chi connectivity index (χ2n) is 29.6. The van der Waals surface area contributed by atoms with Crippen LogP contribution >= 0.6 is 0 Å². The van der Waals surface area contributed by atoms with Gasteiger partial charge in [0.25, 0.3) is 17.7 Å². The van der Waals surface area contributed by atoms with Crippen LogP contribution in [0.5, 0.6) is 5.75 Å². The highest BCUT2D eigenvalue weighted by atomic mass is 16.5. The lowest BCUT2D eigenvalue weighted by atomic mass is 9.68. The zero-order valence-corrected chi connectivity index (χ0v) is 55.3. The first-order valence-corrected chi connectivity index (χ1v) is 35.7. The van der Waals surface area contributed by atoms with Crippen molar-refractivity contribution in [2.45, 2.75) is 289 Å². The van der Waals surface area contributed by atoms with Gasteiger partial charge in [-0.2, -0.15) is 15.3 Å². The van der Waals surface area contributed by atoms with Gasteiger partial charge in [0.05, 0.1) is 25.2 Å². The number of carbonyl (C=O) groups is 4. The molecule has 88 heavy (non-hydrogen) atoms. The number of amides is 4. The molecule has 0 radical (unpaired) electrons. The van der Waals surface area contributed by atoms with E-state index >= 15 is 0 Å². The number of ether oxygens (including phenoxy) is 1. The number of rotatable bonds is 15. The van der Waals surface area contributed by atoms with E-state index in [-0.39, 0.29) is 46.4 Å². The van der Waals surface area contributed by atoms with Crippen molar-refractivity contribution in [3.8, 4) is 5.75 Å². The van der Waals surface area contributed by atoms with Gasteiger partial charge in [0.15, 0.2) is 17.1 Å². The first kappa shape index (κ1) is 64.1. The molecule has 4 aromatic rings. The van der Waals surface area contributed by atoms with E-state index in [4.69, 9.17) is 20.0 Å². The van der Waals surface area contributed by atoms with E-state index in [1.165, 1.54) is 182 Å². The molecule has 5 atom stereocenters. The summed E-state index contributed by atoms with van der Waals surface area (Å²) in [5, 5.41) is 24.8. The molecule has 5 unspecified atom stereocenters. The van der Waals surface area contributed by atoms with Gasteiger partial charge in [-0.15, -0.1) is 0 Å². The summed E-state index contributed by atoms with van der Waals surface area (Å²) in [7, 11) is 5.34. The number of aromatic nitrogens is 6. The highest BCUT2D eigenvalue weighted by Gasteiger charge is 2.60. The maximum Gasteiger partial charge on any atom is 0.272 e. The van der Waals surface area contributed by atoms with Gasteiger partial charge in [-0.25, -0.2) is 0 Å². The number of methoxy groups -OCH3 is 1. The minimum absolute atomic E-state index is 0.0226. The highest BCUT2D eigenvalue weighted by Crippen LogP contribution is 2.62. The zero-order chi connectivity index (χ0) is 61.5. The lowest BCUT2D eigenvalue weighted by molar-refractivity contribution is -0.133. The van der Waals surface area contributed by atoms with E-state index in [0.717, 1.165) is 93.2 Å². The lowest BCUT2D eigenvalue weighted by Gasteiger charge is -2.43. The molecule has 6 fully saturated rings. The minimum Gasteiger partial charge on any atom is -0.496 e. The molecule has 3 N–H and O–H groups in total. The number of nitrogens with one attached hydrogen (secondary N) is 3. The Morgan fingerprint density at radius 2 is 1.10 bits per heavy atom. The number of para-hydroxylation sites is 1. The SMILES string of the molecule is CCC(NC(=O)c1nn(C2CCCCC2)c2c1CCCC2)C1CCCCC1.CN(C)C(=O)C1CCc2c(c(C(=O)NC3C4(C)CCC(C4)C3(C)C)nn2C2CCCCC2)C1.COc1ccccc1CCNC(=O)c1nn(C2CCCCC2)c2c1CCCC2.